The summed E-state index contributed by atoms with van der Waals surface area (Å²) in [5, 5.41) is 3.82. The van der Waals surface area contributed by atoms with Crippen LogP contribution in [0.25, 0.3) is 0 Å². The normalized spacial score (nSPS) is 18.2. The summed E-state index contributed by atoms with van der Waals surface area (Å²) in [7, 11) is 3.05. The molecule has 0 bridgehead atoms. The fourth-order valence-electron chi connectivity index (χ4n) is 4.47. The second-order valence-electron chi connectivity index (χ2n) is 8.65. The largest absolute Gasteiger partial charge is 0.494 e. The van der Waals surface area contributed by atoms with Gasteiger partial charge in [0.1, 0.15) is 40.8 Å². The van der Waals surface area contributed by atoms with E-state index < -0.39 is 12.1 Å². The molecule has 0 saturated carbocycles. The zero-order valence-electron chi connectivity index (χ0n) is 21.2. The fourth-order valence-corrected chi connectivity index (χ4v) is 4.60. The van der Waals surface area contributed by atoms with Gasteiger partial charge in [-0.2, -0.15) is 0 Å². The molecule has 1 atom stereocenters. The van der Waals surface area contributed by atoms with Gasteiger partial charge in [0.25, 0.3) is 11.8 Å². The average molecular weight is 530 g/mol. The molecule has 0 radical (unpaired) electrons. The van der Waals surface area contributed by atoms with Crippen LogP contribution in [0.4, 0.5) is 5.69 Å². The number of hydrogen-bond donors (Lipinski definition) is 1. The Morgan fingerprint density at radius 2 is 1.70 bits per heavy atom. The van der Waals surface area contributed by atoms with Crippen molar-refractivity contribution in [2.45, 2.75) is 32.0 Å². The van der Waals surface area contributed by atoms with Crippen LogP contribution in [0.2, 0.25) is 5.02 Å². The molecule has 2 aromatic rings. The molecule has 1 N–H and O–H groups in total. The Morgan fingerprint density at radius 1 is 1.05 bits per heavy atom. The number of ether oxygens (including phenoxy) is 4. The van der Waals surface area contributed by atoms with Crippen LogP contribution in [-0.2, 0) is 14.3 Å². The molecule has 10 heteroatoms. The van der Waals surface area contributed by atoms with Crippen LogP contribution >= 0.6 is 11.6 Å². The molecule has 2 amide bonds. The van der Waals surface area contributed by atoms with E-state index in [-0.39, 0.29) is 24.2 Å². The Labute approximate surface area is 221 Å². The van der Waals surface area contributed by atoms with Crippen LogP contribution in [0.5, 0.6) is 17.2 Å². The molecule has 2 aliphatic heterocycles. The van der Waals surface area contributed by atoms with Crippen molar-refractivity contribution in [2.75, 3.05) is 45.4 Å². The molecule has 4 rings (SSSR count). The molecule has 198 valence electrons. The van der Waals surface area contributed by atoms with Crippen LogP contribution in [-0.4, -0.2) is 69.5 Å². The number of methoxy groups -OCH3 is 2. The molecule has 2 heterocycles. The Morgan fingerprint density at radius 3 is 2.30 bits per heavy atom. The maximum Gasteiger partial charge on any atom is 0.267 e. The Hall–Kier alpha value is -3.43. The number of anilines is 1. The Balaban J connectivity index is 1.51. The fraction of sp³-hybridized carbons (Fsp3) is 0.407. The molecule has 0 spiro atoms. The van der Waals surface area contributed by atoms with Crippen molar-refractivity contribution in [3.05, 3.63) is 59.3 Å². The number of halogens is 1. The van der Waals surface area contributed by atoms with Crippen molar-refractivity contribution in [1.82, 2.24) is 10.2 Å². The molecule has 1 unspecified atom stereocenters. The third-order valence-electron chi connectivity index (χ3n) is 6.38. The van der Waals surface area contributed by atoms with E-state index in [1.165, 1.54) is 25.3 Å². The van der Waals surface area contributed by atoms with Gasteiger partial charge in [-0.25, -0.2) is 0 Å². The molecule has 1 fully saturated rings. The van der Waals surface area contributed by atoms with Gasteiger partial charge >= 0.3 is 0 Å². The quantitative estimate of drug-likeness (QED) is 0.496. The molecular formula is C27H32ClN3O6. The predicted octanol–water partition coefficient (Wildman–Crippen LogP) is 3.61. The van der Waals surface area contributed by atoms with Gasteiger partial charge in [-0.05, 0) is 43.3 Å². The molecule has 1 saturated heterocycles. The Bertz CT molecular complexity index is 1110. The Kier molecular flexibility index (Phi) is 8.78. The van der Waals surface area contributed by atoms with E-state index in [1.54, 1.807) is 35.2 Å². The van der Waals surface area contributed by atoms with Crippen LogP contribution < -0.4 is 24.4 Å². The lowest BCUT2D eigenvalue weighted by molar-refractivity contribution is -0.131. The van der Waals surface area contributed by atoms with Crippen molar-refractivity contribution in [1.29, 1.82) is 0 Å². The highest BCUT2D eigenvalue weighted by Gasteiger charge is 2.39. The van der Waals surface area contributed by atoms with Crippen LogP contribution in [0.15, 0.2) is 54.2 Å². The highest BCUT2D eigenvalue weighted by atomic mass is 35.5. The second-order valence-corrected chi connectivity index (χ2v) is 9.09. The first kappa shape index (κ1) is 26.6. The monoisotopic (exact) mass is 529 g/mol. The van der Waals surface area contributed by atoms with E-state index >= 15 is 0 Å². The third-order valence-corrected chi connectivity index (χ3v) is 6.63. The summed E-state index contributed by atoms with van der Waals surface area (Å²) >= 11 is 5.95. The number of para-hydroxylation sites is 1. The first-order chi connectivity index (χ1) is 18.0. The van der Waals surface area contributed by atoms with Crippen LogP contribution in [0.3, 0.4) is 0 Å². The first-order valence-electron chi connectivity index (χ1n) is 12.3. The molecule has 9 nitrogen and oxygen atoms in total. The summed E-state index contributed by atoms with van der Waals surface area (Å²) in [5.41, 5.74) is 0.473. The number of nitrogens with zero attached hydrogens (tertiary/aromatic N) is 2. The summed E-state index contributed by atoms with van der Waals surface area (Å²) in [5.74, 6) is 0.854. The van der Waals surface area contributed by atoms with Gasteiger partial charge in [0.15, 0.2) is 0 Å². The van der Waals surface area contributed by atoms with Gasteiger partial charge < -0.3 is 29.2 Å². The summed E-state index contributed by atoms with van der Waals surface area (Å²) in [6.45, 7) is 3.52. The first-order valence-corrected chi connectivity index (χ1v) is 12.6. The summed E-state index contributed by atoms with van der Waals surface area (Å²) in [6.07, 6.45) is 2.22. The number of piperidine rings is 1. The number of likely N-dealkylation sites (tertiary alicyclic amines) is 1. The van der Waals surface area contributed by atoms with Gasteiger partial charge in [-0.1, -0.05) is 17.7 Å². The van der Waals surface area contributed by atoms with Gasteiger partial charge in [0.2, 0.25) is 0 Å². The third kappa shape index (κ3) is 5.94. The summed E-state index contributed by atoms with van der Waals surface area (Å²) in [4.78, 5) is 30.5. The number of hydrogen-bond acceptors (Lipinski definition) is 7. The van der Waals surface area contributed by atoms with Crippen molar-refractivity contribution < 1.29 is 28.5 Å². The van der Waals surface area contributed by atoms with E-state index in [2.05, 4.69) is 5.32 Å². The van der Waals surface area contributed by atoms with E-state index in [4.69, 9.17) is 30.5 Å². The van der Waals surface area contributed by atoms with E-state index in [0.29, 0.717) is 54.7 Å². The van der Waals surface area contributed by atoms with E-state index in [9.17, 15) is 9.59 Å². The number of carbonyl (C=O) groups excluding carboxylic acids is 2. The molecular weight excluding hydrogens is 498 g/mol. The van der Waals surface area contributed by atoms with Gasteiger partial charge in [-0.15, -0.1) is 0 Å². The summed E-state index contributed by atoms with van der Waals surface area (Å²) in [6, 6.07) is 12.5. The maximum atomic E-state index is 13.8. The highest BCUT2D eigenvalue weighted by Crippen LogP contribution is 2.40. The van der Waals surface area contributed by atoms with Crippen molar-refractivity contribution in [3.8, 4) is 17.2 Å². The van der Waals surface area contributed by atoms with Crippen molar-refractivity contribution in [2.24, 2.45) is 0 Å². The predicted molar refractivity (Wildman–Crippen MR) is 140 cm³/mol. The number of benzene rings is 2. The van der Waals surface area contributed by atoms with Crippen molar-refractivity contribution >= 4 is 29.1 Å². The second kappa shape index (κ2) is 12.2. The smallest absolute Gasteiger partial charge is 0.267 e. The molecule has 0 aliphatic carbocycles. The SMILES string of the molecule is CCOCC1NC=C(C(=O)N2CCC(Oc3ccc(Cl)cc3)CC2)C(=O)N1c1c(OC)cccc1OC. The van der Waals surface area contributed by atoms with E-state index in [0.717, 1.165) is 5.75 Å². The zero-order chi connectivity index (χ0) is 26.4. The minimum absolute atomic E-state index is 0.0238. The number of amides is 2. The molecule has 2 aliphatic rings. The number of carbonyl (C=O) groups is 2. The van der Waals surface area contributed by atoms with Gasteiger partial charge in [-0.3, -0.25) is 14.5 Å². The van der Waals surface area contributed by atoms with Crippen molar-refractivity contribution in [3.63, 3.8) is 0 Å². The lowest BCUT2D eigenvalue weighted by Gasteiger charge is -2.38. The van der Waals surface area contributed by atoms with Crippen LogP contribution in [0, 0.1) is 0 Å². The molecule has 0 aromatic heterocycles. The van der Waals surface area contributed by atoms with Gasteiger partial charge in [0.05, 0.1) is 20.8 Å². The number of rotatable bonds is 9. The lowest BCUT2D eigenvalue weighted by Crippen LogP contribution is -2.56. The van der Waals surface area contributed by atoms with E-state index in [1.807, 2.05) is 19.1 Å². The summed E-state index contributed by atoms with van der Waals surface area (Å²) < 4.78 is 22.7. The lowest BCUT2D eigenvalue weighted by atomic mass is 10.0. The minimum atomic E-state index is -0.548. The standard InChI is InChI=1S/C27H32ClN3O6/c1-4-36-17-24-29-16-21(27(33)31(24)25-22(34-2)6-5-7-23(25)35-3)26(32)30-14-12-20(13-15-30)37-19-10-8-18(28)9-11-19/h5-11,16,20,24,29H,4,12-15,17H2,1-3H3. The van der Waals surface area contributed by atoms with Gasteiger partial charge in [0, 0.05) is 43.8 Å². The number of nitrogens with one attached hydrogen (secondary N) is 1. The minimum Gasteiger partial charge on any atom is -0.494 e. The molecule has 2 aromatic carbocycles. The zero-order valence-corrected chi connectivity index (χ0v) is 22.0. The maximum absolute atomic E-state index is 13.8. The topological polar surface area (TPSA) is 89.6 Å². The highest BCUT2D eigenvalue weighted by molar-refractivity contribution is 6.30. The van der Waals surface area contributed by atoms with Crippen LogP contribution in [0.1, 0.15) is 19.8 Å². The average Bonchev–Trinajstić information content (AvgIpc) is 2.93. The molecule has 37 heavy (non-hydrogen) atoms.